The van der Waals surface area contributed by atoms with E-state index in [1.54, 1.807) is 10.9 Å². The van der Waals surface area contributed by atoms with Gasteiger partial charge in [0.15, 0.2) is 5.65 Å². The summed E-state index contributed by atoms with van der Waals surface area (Å²) in [6, 6.07) is 0. The van der Waals surface area contributed by atoms with Gasteiger partial charge in [-0.15, -0.1) is 0 Å². The molecule has 0 radical (unpaired) electrons. The summed E-state index contributed by atoms with van der Waals surface area (Å²) in [7, 11) is 0. The van der Waals surface area contributed by atoms with E-state index in [-0.39, 0.29) is 5.56 Å². The molecule has 0 aliphatic heterocycles. The Bertz CT molecular complexity index is 470. The lowest BCUT2D eigenvalue weighted by Crippen LogP contribution is -2.07. The van der Waals surface area contributed by atoms with E-state index in [2.05, 4.69) is 22.0 Å². The number of aromatic nitrogens is 4. The van der Waals surface area contributed by atoms with Gasteiger partial charge in [-0.05, 0) is 6.42 Å². The first kappa shape index (κ1) is 7.97. The Labute approximate surface area is 74.4 Å². The highest BCUT2D eigenvalue weighted by molar-refractivity contribution is 5.72. The topological polar surface area (TPSA) is 63.6 Å². The van der Waals surface area contributed by atoms with Crippen LogP contribution >= 0.6 is 0 Å². The maximum absolute atomic E-state index is 11.2. The molecule has 0 fully saturated rings. The molecule has 1 N–H and O–H groups in total. The number of aromatic amines is 1. The monoisotopic (exact) mass is 178 g/mol. The van der Waals surface area contributed by atoms with Gasteiger partial charge in [-0.2, -0.15) is 5.10 Å². The molecule has 68 valence electrons. The van der Waals surface area contributed by atoms with Crippen LogP contribution in [0, 0.1) is 0 Å². The predicted molar refractivity (Wildman–Crippen MR) is 48.4 cm³/mol. The molecule has 0 aliphatic carbocycles. The van der Waals surface area contributed by atoms with Crippen molar-refractivity contribution in [3.63, 3.8) is 0 Å². The minimum Gasteiger partial charge on any atom is -0.312 e. The van der Waals surface area contributed by atoms with Crippen molar-refractivity contribution < 1.29 is 0 Å². The number of aryl methyl sites for hydroxylation is 1. The van der Waals surface area contributed by atoms with Crippen LogP contribution in [0.1, 0.15) is 13.3 Å². The van der Waals surface area contributed by atoms with Crippen LogP contribution in [0.2, 0.25) is 0 Å². The van der Waals surface area contributed by atoms with Crippen molar-refractivity contribution in [1.82, 2.24) is 19.7 Å². The highest BCUT2D eigenvalue weighted by atomic mass is 16.1. The Hall–Kier alpha value is -1.65. The molecule has 2 rings (SSSR count). The van der Waals surface area contributed by atoms with E-state index in [0.717, 1.165) is 13.0 Å². The fraction of sp³-hybridized carbons (Fsp3) is 0.375. The maximum Gasteiger partial charge on any atom is 0.261 e. The lowest BCUT2D eigenvalue weighted by Gasteiger charge is -1.97. The molecule has 0 unspecified atom stereocenters. The third kappa shape index (κ3) is 1.22. The van der Waals surface area contributed by atoms with Crippen molar-refractivity contribution >= 4 is 11.0 Å². The van der Waals surface area contributed by atoms with Crippen molar-refractivity contribution in [2.45, 2.75) is 19.9 Å². The van der Waals surface area contributed by atoms with Gasteiger partial charge >= 0.3 is 0 Å². The summed E-state index contributed by atoms with van der Waals surface area (Å²) in [6.45, 7) is 2.85. The Morgan fingerprint density at radius 3 is 3.23 bits per heavy atom. The second-order valence-electron chi connectivity index (χ2n) is 2.84. The predicted octanol–water partition coefficient (Wildman–Crippen LogP) is 0.530. The summed E-state index contributed by atoms with van der Waals surface area (Å²) in [4.78, 5) is 17.8. The summed E-state index contributed by atoms with van der Waals surface area (Å²) < 4.78 is 1.74. The van der Waals surface area contributed by atoms with Crippen molar-refractivity contribution in [3.05, 3.63) is 22.9 Å². The van der Waals surface area contributed by atoms with Gasteiger partial charge in [0.2, 0.25) is 0 Å². The molecule has 0 aliphatic rings. The molecule has 0 bridgehead atoms. The van der Waals surface area contributed by atoms with Crippen molar-refractivity contribution in [1.29, 1.82) is 0 Å². The van der Waals surface area contributed by atoms with E-state index in [1.165, 1.54) is 6.33 Å². The minimum absolute atomic E-state index is 0.132. The third-order valence-electron chi connectivity index (χ3n) is 1.87. The molecular weight excluding hydrogens is 168 g/mol. The quantitative estimate of drug-likeness (QED) is 0.729. The molecule has 0 saturated carbocycles. The maximum atomic E-state index is 11.2. The summed E-state index contributed by atoms with van der Waals surface area (Å²) in [5, 5.41) is 4.63. The van der Waals surface area contributed by atoms with Gasteiger partial charge in [0.05, 0.1) is 12.5 Å². The number of nitrogens with one attached hydrogen (secondary N) is 1. The van der Waals surface area contributed by atoms with Crippen LogP contribution in [-0.2, 0) is 6.54 Å². The smallest absolute Gasteiger partial charge is 0.261 e. The van der Waals surface area contributed by atoms with Crippen LogP contribution in [0.4, 0.5) is 0 Å². The van der Waals surface area contributed by atoms with E-state index in [1.807, 2.05) is 0 Å². The lowest BCUT2D eigenvalue weighted by molar-refractivity contribution is 0.617. The van der Waals surface area contributed by atoms with Gasteiger partial charge in [0.1, 0.15) is 5.39 Å². The first-order chi connectivity index (χ1) is 6.33. The molecule has 0 saturated heterocycles. The van der Waals surface area contributed by atoms with Gasteiger partial charge in [-0.3, -0.25) is 4.79 Å². The molecule has 2 aromatic heterocycles. The summed E-state index contributed by atoms with van der Waals surface area (Å²) >= 11 is 0. The minimum atomic E-state index is -0.132. The van der Waals surface area contributed by atoms with Crippen LogP contribution in [-0.4, -0.2) is 19.7 Å². The molecule has 0 spiro atoms. The highest BCUT2D eigenvalue weighted by Crippen LogP contribution is 2.04. The summed E-state index contributed by atoms with van der Waals surface area (Å²) in [6.07, 6.45) is 3.93. The van der Waals surface area contributed by atoms with E-state index < -0.39 is 0 Å². The van der Waals surface area contributed by atoms with Gasteiger partial charge in [-0.1, -0.05) is 6.92 Å². The number of hydrogen-bond donors (Lipinski definition) is 1. The van der Waals surface area contributed by atoms with Crippen LogP contribution < -0.4 is 5.56 Å². The van der Waals surface area contributed by atoms with E-state index >= 15 is 0 Å². The summed E-state index contributed by atoms with van der Waals surface area (Å²) in [5.74, 6) is 0. The number of rotatable bonds is 2. The molecule has 2 heterocycles. The fourth-order valence-electron chi connectivity index (χ4n) is 1.28. The number of nitrogens with zero attached hydrogens (tertiary/aromatic N) is 3. The zero-order valence-corrected chi connectivity index (χ0v) is 7.32. The first-order valence-electron chi connectivity index (χ1n) is 4.22. The standard InChI is InChI=1S/C8H10N4O/c1-2-3-12-7-6(4-11-12)8(13)10-5-9-7/h4-5H,2-3H2,1H3,(H,9,10,13). The van der Waals surface area contributed by atoms with Crippen molar-refractivity contribution in [2.24, 2.45) is 0 Å². The van der Waals surface area contributed by atoms with Gasteiger partial charge < -0.3 is 4.98 Å². The third-order valence-corrected chi connectivity index (χ3v) is 1.87. The van der Waals surface area contributed by atoms with Crippen LogP contribution in [0.5, 0.6) is 0 Å². The van der Waals surface area contributed by atoms with Crippen LogP contribution in [0.3, 0.4) is 0 Å². The van der Waals surface area contributed by atoms with E-state index in [0.29, 0.717) is 11.0 Å². The second kappa shape index (κ2) is 3.01. The molecule has 2 aromatic rings. The fourth-order valence-corrected chi connectivity index (χ4v) is 1.28. The zero-order valence-electron chi connectivity index (χ0n) is 7.32. The van der Waals surface area contributed by atoms with Gasteiger partial charge in [0, 0.05) is 6.54 Å². The number of hydrogen-bond acceptors (Lipinski definition) is 3. The zero-order chi connectivity index (χ0) is 9.26. The average Bonchev–Trinajstić information content (AvgIpc) is 2.51. The highest BCUT2D eigenvalue weighted by Gasteiger charge is 2.04. The van der Waals surface area contributed by atoms with Gasteiger partial charge in [-0.25, -0.2) is 9.67 Å². The summed E-state index contributed by atoms with van der Waals surface area (Å²) in [5.41, 5.74) is 0.526. The number of H-pyrrole nitrogens is 1. The first-order valence-corrected chi connectivity index (χ1v) is 4.22. The molecular formula is C8H10N4O. The van der Waals surface area contributed by atoms with Crippen LogP contribution in [0.25, 0.3) is 11.0 Å². The van der Waals surface area contributed by atoms with E-state index in [4.69, 9.17) is 0 Å². The molecule has 5 heteroatoms. The lowest BCUT2D eigenvalue weighted by atomic mass is 10.4. The molecule has 0 atom stereocenters. The van der Waals surface area contributed by atoms with Gasteiger partial charge in [0.25, 0.3) is 5.56 Å². The van der Waals surface area contributed by atoms with Crippen molar-refractivity contribution in [2.75, 3.05) is 0 Å². The Morgan fingerprint density at radius 2 is 2.46 bits per heavy atom. The normalized spacial score (nSPS) is 10.8. The molecule has 0 aromatic carbocycles. The van der Waals surface area contributed by atoms with Crippen LogP contribution in [0.15, 0.2) is 17.3 Å². The molecule has 0 amide bonds. The Kier molecular flexibility index (Phi) is 1.84. The molecule has 5 nitrogen and oxygen atoms in total. The SMILES string of the molecule is CCCn1ncc2c(=O)[nH]cnc21. The second-order valence-corrected chi connectivity index (χ2v) is 2.84. The van der Waals surface area contributed by atoms with Crippen molar-refractivity contribution in [3.8, 4) is 0 Å². The number of fused-ring (bicyclic) bond motifs is 1. The molecule has 13 heavy (non-hydrogen) atoms. The Balaban J connectivity index is 2.68. The Morgan fingerprint density at radius 1 is 1.62 bits per heavy atom. The largest absolute Gasteiger partial charge is 0.312 e. The average molecular weight is 178 g/mol. The van der Waals surface area contributed by atoms with E-state index in [9.17, 15) is 4.79 Å².